The Balaban J connectivity index is 1.78. The molecule has 7 nitrogen and oxygen atoms in total. The number of hydrogen-bond donors (Lipinski definition) is 2. The Bertz CT molecular complexity index is 418. The van der Waals surface area contributed by atoms with Gasteiger partial charge in [0.1, 0.15) is 0 Å². The molecule has 2 atom stereocenters. The van der Waals surface area contributed by atoms with Gasteiger partial charge in [0.15, 0.2) is 0 Å². The number of carboxylic acids is 1. The Labute approximate surface area is 104 Å². The van der Waals surface area contributed by atoms with Crippen molar-refractivity contribution in [3.63, 3.8) is 0 Å². The molecule has 0 aromatic carbocycles. The van der Waals surface area contributed by atoms with Gasteiger partial charge in [-0.25, -0.2) is 0 Å². The summed E-state index contributed by atoms with van der Waals surface area (Å²) in [5.41, 5.74) is 0. The third-order valence-electron chi connectivity index (χ3n) is 3.22. The zero-order valence-corrected chi connectivity index (χ0v) is 9.95. The second-order valence-electron chi connectivity index (χ2n) is 4.47. The van der Waals surface area contributed by atoms with Gasteiger partial charge in [0.05, 0.1) is 18.7 Å². The lowest BCUT2D eigenvalue weighted by Gasteiger charge is -2.17. The van der Waals surface area contributed by atoms with E-state index in [4.69, 9.17) is 5.11 Å². The first-order valence-corrected chi connectivity index (χ1v) is 6.03. The number of carbonyl (C=O) groups is 2. The Hall–Kier alpha value is -1.92. The normalized spacial score (nSPS) is 22.9. The summed E-state index contributed by atoms with van der Waals surface area (Å²) in [4.78, 5) is 22.7. The van der Waals surface area contributed by atoms with Gasteiger partial charge in [-0.3, -0.25) is 14.3 Å². The molecule has 2 rings (SSSR count). The number of nitrogens with zero attached hydrogens (tertiary/aromatic N) is 3. The molecule has 1 aliphatic rings. The molecule has 1 amide bonds. The molecule has 0 aliphatic heterocycles. The van der Waals surface area contributed by atoms with Crippen LogP contribution in [0.3, 0.4) is 0 Å². The third-order valence-corrected chi connectivity index (χ3v) is 3.22. The number of aromatic nitrogens is 3. The number of hydrogen-bond acceptors (Lipinski definition) is 4. The molecule has 2 N–H and O–H groups in total. The van der Waals surface area contributed by atoms with Crippen molar-refractivity contribution in [3.8, 4) is 0 Å². The fraction of sp³-hybridized carbons (Fsp3) is 0.636. The number of rotatable bonds is 5. The maximum absolute atomic E-state index is 11.7. The number of carboxylic acid groups (broad SMARTS) is 1. The second-order valence-corrected chi connectivity index (χ2v) is 4.47. The number of aliphatic carboxylic acids is 1. The molecule has 98 valence electrons. The van der Waals surface area contributed by atoms with Crippen molar-refractivity contribution in [3.05, 3.63) is 12.4 Å². The van der Waals surface area contributed by atoms with E-state index in [0.29, 0.717) is 13.0 Å². The highest BCUT2D eigenvalue weighted by Crippen LogP contribution is 2.25. The summed E-state index contributed by atoms with van der Waals surface area (Å²) in [7, 11) is 0. The van der Waals surface area contributed by atoms with Crippen LogP contribution in [-0.2, 0) is 16.1 Å². The molecule has 1 saturated carbocycles. The fourth-order valence-electron chi connectivity index (χ4n) is 2.28. The van der Waals surface area contributed by atoms with Crippen LogP contribution in [0.5, 0.6) is 0 Å². The van der Waals surface area contributed by atoms with Crippen LogP contribution in [-0.4, -0.2) is 38.0 Å². The molecule has 1 fully saturated rings. The van der Waals surface area contributed by atoms with E-state index in [0.717, 1.165) is 12.8 Å². The van der Waals surface area contributed by atoms with Crippen LogP contribution in [0.1, 0.15) is 25.7 Å². The van der Waals surface area contributed by atoms with E-state index < -0.39 is 11.9 Å². The molecule has 1 heterocycles. The summed E-state index contributed by atoms with van der Waals surface area (Å²) in [5, 5.41) is 19.2. The first-order chi connectivity index (χ1) is 8.66. The molecule has 2 unspecified atom stereocenters. The first-order valence-electron chi connectivity index (χ1n) is 6.03. The van der Waals surface area contributed by atoms with Crippen LogP contribution in [0, 0.1) is 5.92 Å². The van der Waals surface area contributed by atoms with E-state index in [1.807, 2.05) is 0 Å². The maximum Gasteiger partial charge on any atom is 0.308 e. The molecule has 1 aromatic rings. The summed E-state index contributed by atoms with van der Waals surface area (Å²) < 4.78 is 1.57. The summed E-state index contributed by atoms with van der Waals surface area (Å²) in [5.74, 6) is -1.40. The lowest BCUT2D eigenvalue weighted by atomic mass is 10.0. The Morgan fingerprint density at radius 1 is 1.44 bits per heavy atom. The molecule has 1 aliphatic carbocycles. The number of nitrogens with one attached hydrogen (secondary N) is 1. The first kappa shape index (κ1) is 12.5. The average molecular weight is 252 g/mol. The van der Waals surface area contributed by atoms with Crippen molar-refractivity contribution in [2.24, 2.45) is 5.92 Å². The predicted octanol–water partition coefficient (Wildman–Crippen LogP) is 0.0377. The van der Waals surface area contributed by atoms with Crippen LogP contribution >= 0.6 is 0 Å². The molecule has 18 heavy (non-hydrogen) atoms. The Morgan fingerprint density at radius 3 is 2.94 bits per heavy atom. The van der Waals surface area contributed by atoms with Gasteiger partial charge < -0.3 is 10.4 Å². The average Bonchev–Trinajstić information content (AvgIpc) is 2.96. The summed E-state index contributed by atoms with van der Waals surface area (Å²) >= 11 is 0. The molecule has 0 bridgehead atoms. The number of aryl methyl sites for hydroxylation is 1. The monoisotopic (exact) mass is 252 g/mol. The van der Waals surface area contributed by atoms with Crippen LogP contribution in [0.4, 0.5) is 0 Å². The van der Waals surface area contributed by atoms with Crippen LogP contribution in [0.25, 0.3) is 0 Å². The zero-order chi connectivity index (χ0) is 13.0. The van der Waals surface area contributed by atoms with E-state index >= 15 is 0 Å². The molecule has 0 radical (unpaired) electrons. The van der Waals surface area contributed by atoms with E-state index in [1.54, 1.807) is 17.1 Å². The standard InChI is InChI=1S/C11H16N4O3/c16-10(4-6-15-7-5-12-14-15)13-9-3-1-2-8(9)11(17)18/h5,7-9H,1-4,6H2,(H,13,16)(H,17,18). The van der Waals surface area contributed by atoms with Gasteiger partial charge in [-0.05, 0) is 12.8 Å². The summed E-state index contributed by atoms with van der Waals surface area (Å²) in [6, 6.07) is -0.231. The molecule has 1 aromatic heterocycles. The highest BCUT2D eigenvalue weighted by molar-refractivity contribution is 5.78. The van der Waals surface area contributed by atoms with Gasteiger partial charge >= 0.3 is 5.97 Å². The Kier molecular flexibility index (Phi) is 3.91. The highest BCUT2D eigenvalue weighted by atomic mass is 16.4. The summed E-state index contributed by atoms with van der Waals surface area (Å²) in [6.45, 7) is 0.455. The van der Waals surface area contributed by atoms with Crippen molar-refractivity contribution in [2.45, 2.75) is 38.3 Å². The quantitative estimate of drug-likeness (QED) is 0.771. The van der Waals surface area contributed by atoms with E-state index in [1.165, 1.54) is 0 Å². The SMILES string of the molecule is O=C(CCn1ccnn1)NC1CCCC1C(=O)O. The number of amides is 1. The van der Waals surface area contributed by atoms with Crippen molar-refractivity contribution in [2.75, 3.05) is 0 Å². The van der Waals surface area contributed by atoms with Gasteiger partial charge in [-0.1, -0.05) is 11.6 Å². The lowest BCUT2D eigenvalue weighted by Crippen LogP contribution is -2.40. The molecular weight excluding hydrogens is 236 g/mol. The molecule has 0 saturated heterocycles. The minimum atomic E-state index is -0.825. The molecular formula is C11H16N4O3. The predicted molar refractivity (Wildman–Crippen MR) is 61.5 cm³/mol. The lowest BCUT2D eigenvalue weighted by molar-refractivity contribution is -0.142. The largest absolute Gasteiger partial charge is 0.481 e. The van der Waals surface area contributed by atoms with E-state index in [2.05, 4.69) is 15.6 Å². The topological polar surface area (TPSA) is 97.1 Å². The number of carbonyl (C=O) groups excluding carboxylic acids is 1. The molecule has 7 heteroatoms. The van der Waals surface area contributed by atoms with Crippen molar-refractivity contribution >= 4 is 11.9 Å². The minimum absolute atomic E-state index is 0.136. The Morgan fingerprint density at radius 2 is 2.28 bits per heavy atom. The van der Waals surface area contributed by atoms with Crippen LogP contribution in [0.2, 0.25) is 0 Å². The van der Waals surface area contributed by atoms with Gasteiger partial charge in [0.25, 0.3) is 0 Å². The molecule has 0 spiro atoms. The van der Waals surface area contributed by atoms with Gasteiger partial charge in [-0.15, -0.1) is 5.10 Å². The van der Waals surface area contributed by atoms with Crippen molar-refractivity contribution in [1.29, 1.82) is 0 Å². The van der Waals surface area contributed by atoms with Crippen LogP contribution in [0.15, 0.2) is 12.4 Å². The smallest absolute Gasteiger partial charge is 0.308 e. The second kappa shape index (κ2) is 5.61. The fourth-order valence-corrected chi connectivity index (χ4v) is 2.28. The van der Waals surface area contributed by atoms with E-state index in [9.17, 15) is 9.59 Å². The van der Waals surface area contributed by atoms with Gasteiger partial charge in [0.2, 0.25) is 5.91 Å². The van der Waals surface area contributed by atoms with Gasteiger partial charge in [0, 0.05) is 18.7 Å². The minimum Gasteiger partial charge on any atom is -0.481 e. The third kappa shape index (κ3) is 3.06. The van der Waals surface area contributed by atoms with Crippen molar-refractivity contribution < 1.29 is 14.7 Å². The van der Waals surface area contributed by atoms with Crippen molar-refractivity contribution in [1.82, 2.24) is 20.3 Å². The summed E-state index contributed by atoms with van der Waals surface area (Å²) in [6.07, 6.45) is 5.75. The highest BCUT2D eigenvalue weighted by Gasteiger charge is 2.33. The van der Waals surface area contributed by atoms with Gasteiger partial charge in [-0.2, -0.15) is 0 Å². The van der Waals surface area contributed by atoms with Crippen LogP contribution < -0.4 is 5.32 Å². The maximum atomic E-state index is 11.7. The zero-order valence-electron chi connectivity index (χ0n) is 9.95. The van der Waals surface area contributed by atoms with E-state index in [-0.39, 0.29) is 18.4 Å².